The fourth-order valence-corrected chi connectivity index (χ4v) is 6.24. The second-order valence-electron chi connectivity index (χ2n) is 11.2. The Morgan fingerprint density at radius 2 is 1.80 bits per heavy atom. The third kappa shape index (κ3) is 5.54. The van der Waals surface area contributed by atoms with Crippen LogP contribution in [0.3, 0.4) is 0 Å². The van der Waals surface area contributed by atoms with Crippen LogP contribution in [0.15, 0.2) is 65.9 Å². The van der Waals surface area contributed by atoms with E-state index in [0.29, 0.717) is 18.1 Å². The van der Waals surface area contributed by atoms with E-state index in [1.807, 2.05) is 52.0 Å². The predicted octanol–water partition coefficient (Wildman–Crippen LogP) is 4.37. The van der Waals surface area contributed by atoms with E-state index in [-0.39, 0.29) is 17.9 Å². The van der Waals surface area contributed by atoms with Crippen LogP contribution in [-0.4, -0.2) is 68.7 Å². The summed E-state index contributed by atoms with van der Waals surface area (Å²) in [5.74, 6) is 0.944. The van der Waals surface area contributed by atoms with Gasteiger partial charge in [-0.05, 0) is 69.0 Å². The Hall–Kier alpha value is -4.24. The number of piperidine rings is 1. The standard InChI is InChI=1S/C32H38N8O/c1-22(38-13-5-6-14-38)32(41)39-15-11-24(12-16-39)29-18-27(30-31(34)36-21-37-40(29)30)25-9-10-26(28(33)17-25)20-35-19-23-7-3-2-4-8-23/h2-4,7-10,17-18,20-22,24H,5-6,11-16,19,33H2,1H3,(H2,34,36,37). The molecule has 4 aromatic rings. The molecule has 0 saturated carbocycles. The van der Waals surface area contributed by atoms with Gasteiger partial charge in [-0.15, -0.1) is 0 Å². The summed E-state index contributed by atoms with van der Waals surface area (Å²) in [6.07, 6.45) is 7.47. The van der Waals surface area contributed by atoms with Crippen molar-refractivity contribution in [3.63, 3.8) is 0 Å². The fraction of sp³-hybridized carbons (Fsp3) is 0.375. The quantitative estimate of drug-likeness (QED) is 0.261. The molecule has 212 valence electrons. The minimum absolute atomic E-state index is 0.0425. The number of benzene rings is 2. The molecule has 0 radical (unpaired) electrons. The highest BCUT2D eigenvalue weighted by atomic mass is 16.2. The van der Waals surface area contributed by atoms with Crippen molar-refractivity contribution < 1.29 is 4.79 Å². The molecule has 1 amide bonds. The van der Waals surface area contributed by atoms with E-state index >= 15 is 0 Å². The first-order valence-electron chi connectivity index (χ1n) is 14.6. The van der Waals surface area contributed by atoms with Crippen molar-refractivity contribution in [2.45, 2.75) is 51.1 Å². The number of hydrogen-bond acceptors (Lipinski definition) is 7. The van der Waals surface area contributed by atoms with Gasteiger partial charge in [0.2, 0.25) is 5.91 Å². The van der Waals surface area contributed by atoms with Crippen molar-refractivity contribution in [3.05, 3.63) is 77.7 Å². The lowest BCUT2D eigenvalue weighted by Gasteiger charge is -2.35. The molecule has 2 aromatic heterocycles. The minimum atomic E-state index is -0.0425. The molecule has 0 bridgehead atoms. The number of nitrogens with two attached hydrogens (primary N) is 2. The van der Waals surface area contributed by atoms with Gasteiger partial charge in [0.25, 0.3) is 0 Å². The molecule has 2 aliphatic heterocycles. The minimum Gasteiger partial charge on any atom is -0.398 e. The summed E-state index contributed by atoms with van der Waals surface area (Å²) in [5, 5.41) is 4.59. The maximum Gasteiger partial charge on any atom is 0.239 e. The highest BCUT2D eigenvalue weighted by Gasteiger charge is 2.32. The van der Waals surface area contributed by atoms with Crippen LogP contribution in [-0.2, 0) is 11.3 Å². The zero-order valence-electron chi connectivity index (χ0n) is 23.6. The number of nitrogens with zero attached hydrogens (tertiary/aromatic N) is 6. The summed E-state index contributed by atoms with van der Waals surface area (Å²) in [6.45, 7) is 6.19. The molecule has 41 heavy (non-hydrogen) atoms. The van der Waals surface area contributed by atoms with E-state index in [1.165, 1.54) is 19.2 Å². The largest absolute Gasteiger partial charge is 0.398 e. The van der Waals surface area contributed by atoms with Crippen LogP contribution in [0.2, 0.25) is 0 Å². The zero-order valence-corrected chi connectivity index (χ0v) is 23.6. The van der Waals surface area contributed by atoms with Crippen LogP contribution in [0.4, 0.5) is 11.5 Å². The number of fused-ring (bicyclic) bond motifs is 1. The number of carbonyl (C=O) groups is 1. The second kappa shape index (κ2) is 11.7. The van der Waals surface area contributed by atoms with Crippen molar-refractivity contribution in [2.24, 2.45) is 4.99 Å². The van der Waals surface area contributed by atoms with Crippen LogP contribution in [0.1, 0.15) is 55.3 Å². The molecule has 0 aliphatic carbocycles. The van der Waals surface area contributed by atoms with Gasteiger partial charge < -0.3 is 16.4 Å². The molecule has 2 saturated heterocycles. The molecule has 6 rings (SSSR count). The number of hydrogen-bond donors (Lipinski definition) is 2. The number of aliphatic imine (C=N–C) groups is 1. The second-order valence-corrected chi connectivity index (χ2v) is 11.2. The van der Waals surface area contributed by atoms with E-state index < -0.39 is 0 Å². The molecule has 2 fully saturated rings. The Kier molecular flexibility index (Phi) is 7.69. The van der Waals surface area contributed by atoms with Crippen LogP contribution in [0.5, 0.6) is 0 Å². The summed E-state index contributed by atoms with van der Waals surface area (Å²) >= 11 is 0. The van der Waals surface area contributed by atoms with Gasteiger partial charge in [-0.2, -0.15) is 5.10 Å². The fourth-order valence-electron chi connectivity index (χ4n) is 6.24. The molecule has 4 heterocycles. The lowest BCUT2D eigenvalue weighted by atomic mass is 9.92. The molecule has 2 aliphatic rings. The number of rotatable bonds is 7. The summed E-state index contributed by atoms with van der Waals surface area (Å²) in [6, 6.07) is 18.3. The highest BCUT2D eigenvalue weighted by molar-refractivity contribution is 5.93. The third-order valence-electron chi connectivity index (χ3n) is 8.63. The van der Waals surface area contributed by atoms with Crippen molar-refractivity contribution in [1.29, 1.82) is 0 Å². The topological polar surface area (TPSA) is 118 Å². The van der Waals surface area contributed by atoms with Gasteiger partial charge >= 0.3 is 0 Å². The zero-order chi connectivity index (χ0) is 28.3. The Balaban J connectivity index is 1.21. The molecular formula is C32H38N8O. The van der Waals surface area contributed by atoms with Crippen molar-refractivity contribution >= 4 is 29.1 Å². The van der Waals surface area contributed by atoms with Crippen LogP contribution in [0.25, 0.3) is 16.6 Å². The first-order chi connectivity index (χ1) is 20.0. The van der Waals surface area contributed by atoms with Gasteiger partial charge in [0.1, 0.15) is 11.8 Å². The first kappa shape index (κ1) is 27.0. The van der Waals surface area contributed by atoms with Crippen molar-refractivity contribution in [3.8, 4) is 11.1 Å². The van der Waals surface area contributed by atoms with Crippen LogP contribution in [0, 0.1) is 0 Å². The monoisotopic (exact) mass is 550 g/mol. The molecule has 9 heteroatoms. The number of carbonyl (C=O) groups excluding carboxylic acids is 1. The van der Waals surface area contributed by atoms with E-state index in [0.717, 1.165) is 72.5 Å². The Bertz CT molecular complexity index is 1550. The highest BCUT2D eigenvalue weighted by Crippen LogP contribution is 2.37. The summed E-state index contributed by atoms with van der Waals surface area (Å²) in [5.41, 5.74) is 19.3. The molecule has 0 spiro atoms. The van der Waals surface area contributed by atoms with Crippen molar-refractivity contribution in [2.75, 3.05) is 37.6 Å². The van der Waals surface area contributed by atoms with Gasteiger partial charge in [-0.25, -0.2) is 9.50 Å². The molecule has 1 unspecified atom stereocenters. The smallest absolute Gasteiger partial charge is 0.239 e. The third-order valence-corrected chi connectivity index (χ3v) is 8.63. The molecular weight excluding hydrogens is 512 g/mol. The predicted molar refractivity (Wildman–Crippen MR) is 164 cm³/mol. The molecule has 2 aromatic carbocycles. The molecule has 4 N–H and O–H groups in total. The lowest BCUT2D eigenvalue weighted by Crippen LogP contribution is -2.48. The summed E-state index contributed by atoms with van der Waals surface area (Å²) < 4.78 is 1.93. The maximum absolute atomic E-state index is 13.2. The summed E-state index contributed by atoms with van der Waals surface area (Å²) in [7, 11) is 0. The average Bonchev–Trinajstić information content (AvgIpc) is 3.68. The Labute approximate surface area is 240 Å². The summed E-state index contributed by atoms with van der Waals surface area (Å²) in [4.78, 5) is 26.4. The lowest BCUT2D eigenvalue weighted by molar-refractivity contribution is -0.137. The number of aromatic nitrogens is 3. The van der Waals surface area contributed by atoms with Crippen LogP contribution < -0.4 is 11.5 Å². The van der Waals surface area contributed by atoms with E-state index in [9.17, 15) is 4.79 Å². The molecule has 1 atom stereocenters. The van der Waals surface area contributed by atoms with Crippen LogP contribution >= 0.6 is 0 Å². The van der Waals surface area contributed by atoms with E-state index in [1.54, 1.807) is 0 Å². The van der Waals surface area contributed by atoms with Gasteiger partial charge in [-0.1, -0.05) is 42.5 Å². The SMILES string of the molecule is CC(C(=O)N1CCC(c2cc(-c3ccc(C=NCc4ccccc4)c(N)c3)c3c(N)ncnn23)CC1)N1CCCC1. The number of likely N-dealkylation sites (tertiary alicyclic amines) is 2. The van der Waals surface area contributed by atoms with Gasteiger partial charge in [0, 0.05) is 47.7 Å². The first-order valence-corrected chi connectivity index (χ1v) is 14.6. The van der Waals surface area contributed by atoms with Gasteiger partial charge in [0.15, 0.2) is 5.82 Å². The molecule has 9 nitrogen and oxygen atoms in total. The maximum atomic E-state index is 13.2. The van der Waals surface area contributed by atoms with Gasteiger partial charge in [-0.3, -0.25) is 14.7 Å². The number of amides is 1. The Morgan fingerprint density at radius 1 is 1.05 bits per heavy atom. The van der Waals surface area contributed by atoms with Crippen molar-refractivity contribution in [1.82, 2.24) is 24.4 Å². The van der Waals surface area contributed by atoms with Gasteiger partial charge in [0.05, 0.1) is 12.6 Å². The number of anilines is 2. The Morgan fingerprint density at radius 3 is 2.54 bits per heavy atom. The number of nitrogen functional groups attached to an aromatic ring is 2. The van der Waals surface area contributed by atoms with E-state index in [4.69, 9.17) is 11.5 Å². The normalized spacial score (nSPS) is 17.5. The average molecular weight is 551 g/mol. The van der Waals surface area contributed by atoms with E-state index in [2.05, 4.69) is 45.1 Å².